The highest BCUT2D eigenvalue weighted by atomic mass is 19.4. The van der Waals surface area contributed by atoms with Crippen LogP contribution >= 0.6 is 0 Å². The van der Waals surface area contributed by atoms with E-state index in [4.69, 9.17) is 0 Å². The maximum absolute atomic E-state index is 13.6. The van der Waals surface area contributed by atoms with E-state index in [1.165, 1.54) is 29.2 Å². The normalized spacial score (nSPS) is 11.3. The maximum atomic E-state index is 13.6. The Morgan fingerprint density at radius 3 is 2.37 bits per heavy atom. The fourth-order valence-electron chi connectivity index (χ4n) is 3.65. The number of hydrogen-bond donors (Lipinski definition) is 2. The minimum atomic E-state index is -4.57. The second kappa shape index (κ2) is 10.1. The zero-order valence-electron chi connectivity index (χ0n) is 19.8. The number of anilines is 3. The summed E-state index contributed by atoms with van der Waals surface area (Å²) >= 11 is 0. The van der Waals surface area contributed by atoms with Crippen LogP contribution in [0.25, 0.3) is 17.1 Å². The molecule has 0 aliphatic heterocycles. The summed E-state index contributed by atoms with van der Waals surface area (Å²) in [6.07, 6.45) is 4.52. The molecule has 3 aromatic heterocycles. The molecule has 9 nitrogen and oxygen atoms in total. The second-order valence-electron chi connectivity index (χ2n) is 8.16. The Bertz CT molecular complexity index is 1580. The molecule has 0 aliphatic rings. The van der Waals surface area contributed by atoms with Crippen molar-refractivity contribution in [3.8, 4) is 17.1 Å². The SMILES string of the molecule is Cc1cn(-c2cc(NC(=O)c3ccc(Nc4nccc(-c5cnccn5)n4)cc3)ccc2C(F)(F)F)cn1. The zero-order valence-corrected chi connectivity index (χ0v) is 19.8. The van der Waals surface area contributed by atoms with Crippen LogP contribution in [0.3, 0.4) is 0 Å². The number of imidazole rings is 1. The lowest BCUT2D eigenvalue weighted by Crippen LogP contribution is -2.14. The van der Waals surface area contributed by atoms with Crippen LogP contribution in [-0.4, -0.2) is 35.4 Å². The van der Waals surface area contributed by atoms with Crippen LogP contribution in [0.15, 0.2) is 85.8 Å². The summed E-state index contributed by atoms with van der Waals surface area (Å²) in [7, 11) is 0. The van der Waals surface area contributed by atoms with Crippen LogP contribution in [0.1, 0.15) is 21.6 Å². The van der Waals surface area contributed by atoms with Gasteiger partial charge in [-0.1, -0.05) is 0 Å². The first-order valence-corrected chi connectivity index (χ1v) is 11.3. The average molecular weight is 516 g/mol. The van der Waals surface area contributed by atoms with Gasteiger partial charge in [-0.15, -0.1) is 0 Å². The molecule has 0 atom stereocenters. The predicted molar refractivity (Wildman–Crippen MR) is 134 cm³/mol. The van der Waals surface area contributed by atoms with Gasteiger partial charge in [0.25, 0.3) is 5.91 Å². The topological polar surface area (TPSA) is 111 Å². The highest BCUT2D eigenvalue weighted by Gasteiger charge is 2.34. The smallest absolute Gasteiger partial charge is 0.324 e. The van der Waals surface area contributed by atoms with Crippen molar-refractivity contribution in [2.24, 2.45) is 0 Å². The quantitative estimate of drug-likeness (QED) is 0.309. The predicted octanol–water partition coefficient (Wildman–Crippen LogP) is 5.44. The van der Waals surface area contributed by atoms with Gasteiger partial charge in [0.1, 0.15) is 5.69 Å². The number of carbonyl (C=O) groups is 1. The van der Waals surface area contributed by atoms with Crippen LogP contribution in [0.2, 0.25) is 0 Å². The third-order valence-electron chi connectivity index (χ3n) is 5.44. The molecule has 190 valence electrons. The van der Waals surface area contributed by atoms with Gasteiger partial charge in [-0.3, -0.25) is 14.8 Å². The van der Waals surface area contributed by atoms with Gasteiger partial charge >= 0.3 is 6.18 Å². The van der Waals surface area contributed by atoms with Crippen molar-refractivity contribution in [2.75, 3.05) is 10.6 Å². The number of alkyl halides is 3. The Morgan fingerprint density at radius 1 is 0.895 bits per heavy atom. The van der Waals surface area contributed by atoms with Crippen molar-refractivity contribution in [1.29, 1.82) is 0 Å². The van der Waals surface area contributed by atoms with Gasteiger partial charge in [-0.2, -0.15) is 13.2 Å². The standard InChI is InChI=1S/C26H19F3N8O/c1-16-14-37(15-33-16)23-12-19(6-7-20(23)26(27,28)29)34-24(38)17-2-4-18(5-3-17)35-25-32-9-8-21(36-25)22-13-30-10-11-31-22/h2-15H,1H3,(H,34,38)(H,32,35,36). The van der Waals surface area contributed by atoms with Crippen molar-refractivity contribution in [3.63, 3.8) is 0 Å². The molecule has 0 spiro atoms. The summed E-state index contributed by atoms with van der Waals surface area (Å²) in [5.41, 5.74) is 1.92. The second-order valence-corrected chi connectivity index (χ2v) is 8.16. The molecule has 5 rings (SSSR count). The molecule has 2 N–H and O–H groups in total. The number of nitrogens with one attached hydrogen (secondary N) is 2. The Hall–Kier alpha value is -5.13. The van der Waals surface area contributed by atoms with E-state index >= 15 is 0 Å². The molecule has 0 unspecified atom stereocenters. The summed E-state index contributed by atoms with van der Waals surface area (Å²) in [6.45, 7) is 1.68. The Balaban J connectivity index is 1.31. The van der Waals surface area contributed by atoms with Crippen molar-refractivity contribution >= 4 is 23.2 Å². The van der Waals surface area contributed by atoms with E-state index in [9.17, 15) is 18.0 Å². The number of aromatic nitrogens is 6. The third kappa shape index (κ3) is 5.48. The van der Waals surface area contributed by atoms with E-state index in [1.807, 2.05) is 0 Å². The Morgan fingerprint density at radius 2 is 1.68 bits per heavy atom. The number of aryl methyl sites for hydroxylation is 1. The van der Waals surface area contributed by atoms with Crippen molar-refractivity contribution in [3.05, 3.63) is 103 Å². The highest BCUT2D eigenvalue weighted by molar-refractivity contribution is 6.04. The fraction of sp³-hybridized carbons (Fsp3) is 0.0769. The lowest BCUT2D eigenvalue weighted by molar-refractivity contribution is -0.137. The molecular formula is C26H19F3N8O. The van der Waals surface area contributed by atoms with Gasteiger partial charge in [-0.25, -0.2) is 15.0 Å². The largest absolute Gasteiger partial charge is 0.418 e. The molecule has 38 heavy (non-hydrogen) atoms. The van der Waals surface area contributed by atoms with Gasteiger partial charge in [0.2, 0.25) is 5.95 Å². The maximum Gasteiger partial charge on any atom is 0.418 e. The first kappa shape index (κ1) is 24.6. The molecule has 5 aromatic rings. The summed E-state index contributed by atoms with van der Waals surface area (Å²) in [4.78, 5) is 33.7. The molecule has 0 saturated carbocycles. The number of nitrogens with zero attached hydrogens (tertiary/aromatic N) is 6. The van der Waals surface area contributed by atoms with Gasteiger partial charge < -0.3 is 15.2 Å². The number of carbonyl (C=O) groups excluding carboxylic acids is 1. The van der Waals surface area contributed by atoms with E-state index in [-0.39, 0.29) is 11.4 Å². The van der Waals surface area contributed by atoms with Crippen LogP contribution in [-0.2, 0) is 6.18 Å². The Kier molecular flexibility index (Phi) is 6.52. The number of hydrogen-bond acceptors (Lipinski definition) is 7. The number of amides is 1. The van der Waals surface area contributed by atoms with Crippen LogP contribution in [0.5, 0.6) is 0 Å². The van der Waals surface area contributed by atoms with Gasteiger partial charge in [0.05, 0.1) is 35.2 Å². The van der Waals surface area contributed by atoms with Crippen molar-refractivity contribution < 1.29 is 18.0 Å². The minimum Gasteiger partial charge on any atom is -0.324 e. The molecule has 0 fully saturated rings. The lowest BCUT2D eigenvalue weighted by atomic mass is 10.1. The van der Waals surface area contributed by atoms with Crippen LogP contribution in [0.4, 0.5) is 30.5 Å². The molecule has 0 saturated heterocycles. The van der Waals surface area contributed by atoms with Gasteiger partial charge in [0, 0.05) is 41.7 Å². The molecule has 0 aliphatic carbocycles. The number of rotatable bonds is 6. The van der Waals surface area contributed by atoms with Crippen LogP contribution < -0.4 is 10.6 Å². The van der Waals surface area contributed by atoms with Crippen LogP contribution in [0, 0.1) is 6.92 Å². The van der Waals surface area contributed by atoms with Gasteiger partial charge in [0.15, 0.2) is 0 Å². The molecule has 0 radical (unpaired) electrons. The minimum absolute atomic E-state index is 0.140. The molecule has 2 aromatic carbocycles. The third-order valence-corrected chi connectivity index (χ3v) is 5.44. The van der Waals surface area contributed by atoms with Gasteiger partial charge in [-0.05, 0) is 55.5 Å². The highest BCUT2D eigenvalue weighted by Crippen LogP contribution is 2.35. The van der Waals surface area contributed by atoms with Crippen molar-refractivity contribution in [1.82, 2.24) is 29.5 Å². The molecule has 0 bridgehead atoms. The fourth-order valence-corrected chi connectivity index (χ4v) is 3.65. The number of halogens is 3. The Labute approximate surface area is 214 Å². The first-order valence-electron chi connectivity index (χ1n) is 11.3. The van der Waals surface area contributed by atoms with Crippen molar-refractivity contribution in [2.45, 2.75) is 13.1 Å². The molecular weight excluding hydrogens is 497 g/mol. The van der Waals surface area contributed by atoms with E-state index < -0.39 is 17.6 Å². The molecule has 1 amide bonds. The van der Waals surface area contributed by atoms with E-state index in [1.54, 1.807) is 62.0 Å². The lowest BCUT2D eigenvalue weighted by Gasteiger charge is -2.15. The van der Waals surface area contributed by atoms with E-state index in [0.29, 0.717) is 34.3 Å². The summed E-state index contributed by atoms with van der Waals surface area (Å²) in [6, 6.07) is 11.6. The summed E-state index contributed by atoms with van der Waals surface area (Å²) < 4.78 is 42.0. The van der Waals surface area contributed by atoms with E-state index in [2.05, 4.69) is 35.6 Å². The van der Waals surface area contributed by atoms with E-state index in [0.717, 1.165) is 6.07 Å². The zero-order chi connectivity index (χ0) is 26.7. The summed E-state index contributed by atoms with van der Waals surface area (Å²) in [5, 5.41) is 5.71. The number of benzene rings is 2. The first-order chi connectivity index (χ1) is 18.3. The monoisotopic (exact) mass is 516 g/mol. The molecule has 3 heterocycles. The molecule has 12 heteroatoms. The average Bonchev–Trinajstić information content (AvgIpc) is 3.35. The summed E-state index contributed by atoms with van der Waals surface area (Å²) in [5.74, 6) is -0.151.